The zero-order valence-electron chi connectivity index (χ0n) is 12.1. The minimum Gasteiger partial charge on any atom is -0.453 e. The van der Waals surface area contributed by atoms with Crippen LogP contribution in [0.5, 0.6) is 0 Å². The van der Waals surface area contributed by atoms with E-state index in [1.54, 1.807) is 12.3 Å². The first-order valence-electron chi connectivity index (χ1n) is 7.00. The summed E-state index contributed by atoms with van der Waals surface area (Å²) in [5, 5.41) is 18.8. The van der Waals surface area contributed by atoms with Crippen LogP contribution in [0.2, 0.25) is 10.2 Å². The molecule has 0 radical (unpaired) electrons. The van der Waals surface area contributed by atoms with E-state index in [4.69, 9.17) is 27.6 Å². The lowest BCUT2D eigenvalue weighted by atomic mass is 10.1. The van der Waals surface area contributed by atoms with Crippen molar-refractivity contribution in [2.45, 2.75) is 6.54 Å². The molecule has 0 spiro atoms. The Bertz CT molecular complexity index is 981. The maximum atomic E-state index is 6.36. The second-order valence-corrected chi connectivity index (χ2v) is 5.86. The van der Waals surface area contributed by atoms with E-state index in [-0.39, 0.29) is 0 Å². The lowest BCUT2D eigenvalue weighted by molar-refractivity contribution is 0.625. The highest BCUT2D eigenvalue weighted by Gasteiger charge is 2.12. The summed E-state index contributed by atoms with van der Waals surface area (Å²) in [4.78, 5) is 4.02. The van der Waals surface area contributed by atoms with E-state index in [0.717, 1.165) is 16.6 Å². The fraction of sp³-hybridized carbons (Fsp3) is 0.0667. The van der Waals surface area contributed by atoms with Gasteiger partial charge < -0.3 is 9.73 Å². The molecule has 0 aliphatic rings. The van der Waals surface area contributed by atoms with Gasteiger partial charge in [0.05, 0.1) is 11.9 Å². The number of benzene rings is 1. The van der Waals surface area contributed by atoms with E-state index < -0.39 is 0 Å². The number of hydrogen-bond acceptors (Lipinski definition) is 6. The third-order valence-corrected chi connectivity index (χ3v) is 4.05. The van der Waals surface area contributed by atoms with Crippen LogP contribution in [0.1, 0.15) is 5.56 Å². The molecule has 0 unspecified atom stereocenters. The Kier molecular flexibility index (Phi) is 3.79. The number of furan rings is 1. The maximum Gasteiger partial charge on any atom is 0.215 e. The number of fused-ring (bicyclic) bond motifs is 1. The van der Waals surface area contributed by atoms with Crippen LogP contribution in [0.3, 0.4) is 0 Å². The lowest BCUT2D eigenvalue weighted by Crippen LogP contribution is -2.00. The van der Waals surface area contributed by atoms with E-state index in [1.165, 1.54) is 0 Å². The monoisotopic (exact) mass is 360 g/mol. The summed E-state index contributed by atoms with van der Waals surface area (Å²) >= 11 is 12.1. The second kappa shape index (κ2) is 6.10. The average molecular weight is 361 g/mol. The van der Waals surface area contributed by atoms with Crippen LogP contribution in [-0.2, 0) is 6.54 Å². The Morgan fingerprint density at radius 3 is 2.83 bits per heavy atom. The van der Waals surface area contributed by atoms with Crippen molar-refractivity contribution in [2.75, 3.05) is 5.32 Å². The van der Waals surface area contributed by atoms with Gasteiger partial charge >= 0.3 is 0 Å². The molecule has 0 atom stereocenters. The van der Waals surface area contributed by atoms with Crippen LogP contribution in [0.15, 0.2) is 40.9 Å². The molecule has 4 aromatic rings. The second-order valence-electron chi connectivity index (χ2n) is 5.07. The first kappa shape index (κ1) is 14.9. The van der Waals surface area contributed by atoms with Gasteiger partial charge in [0.15, 0.2) is 5.76 Å². The number of nitrogens with zero attached hydrogens (tertiary/aromatic N) is 4. The molecule has 1 aromatic carbocycles. The highest BCUT2D eigenvalue weighted by Crippen LogP contribution is 2.30. The van der Waals surface area contributed by atoms with Crippen LogP contribution < -0.4 is 5.32 Å². The van der Waals surface area contributed by atoms with Gasteiger partial charge in [-0.15, -0.1) is 5.10 Å². The summed E-state index contributed by atoms with van der Waals surface area (Å²) in [6.07, 6.45) is 1.66. The summed E-state index contributed by atoms with van der Waals surface area (Å²) < 4.78 is 5.79. The molecule has 3 heterocycles. The SMILES string of the molecule is Clc1ccc(NCc2cc3oc(-c4nnn[nH]4)cc3cc2Cl)cn1. The van der Waals surface area contributed by atoms with E-state index in [1.807, 2.05) is 24.3 Å². The first-order chi connectivity index (χ1) is 11.7. The number of anilines is 1. The molecule has 0 fully saturated rings. The Morgan fingerprint density at radius 1 is 1.17 bits per heavy atom. The van der Waals surface area contributed by atoms with Gasteiger partial charge in [0.25, 0.3) is 0 Å². The van der Waals surface area contributed by atoms with Gasteiger partial charge in [-0.25, -0.2) is 10.1 Å². The van der Waals surface area contributed by atoms with Gasteiger partial charge in [0, 0.05) is 17.0 Å². The number of aromatic amines is 1. The van der Waals surface area contributed by atoms with Crippen LogP contribution in [0, 0.1) is 0 Å². The van der Waals surface area contributed by atoms with Crippen molar-refractivity contribution in [1.82, 2.24) is 25.6 Å². The van der Waals surface area contributed by atoms with E-state index in [9.17, 15) is 0 Å². The van der Waals surface area contributed by atoms with Crippen LogP contribution >= 0.6 is 23.2 Å². The molecule has 0 saturated carbocycles. The zero-order valence-corrected chi connectivity index (χ0v) is 13.6. The standard InChI is InChI=1S/C15H10Cl2N6O/c16-11-3-8-4-13(15-20-22-23-21-15)24-12(8)5-9(11)6-18-10-1-2-14(17)19-7-10/h1-5,7,18H,6H2,(H,20,21,22,23). The van der Waals surface area contributed by atoms with Gasteiger partial charge in [-0.1, -0.05) is 23.2 Å². The molecule has 24 heavy (non-hydrogen) atoms. The fourth-order valence-electron chi connectivity index (χ4n) is 2.29. The smallest absolute Gasteiger partial charge is 0.215 e. The van der Waals surface area contributed by atoms with Crippen molar-refractivity contribution in [3.63, 3.8) is 0 Å². The molecule has 3 aromatic heterocycles. The summed E-state index contributed by atoms with van der Waals surface area (Å²) in [7, 11) is 0. The topological polar surface area (TPSA) is 92.5 Å². The summed E-state index contributed by atoms with van der Waals surface area (Å²) in [5.74, 6) is 1.02. The Morgan fingerprint density at radius 2 is 2.08 bits per heavy atom. The largest absolute Gasteiger partial charge is 0.453 e. The van der Waals surface area contributed by atoms with E-state index in [2.05, 4.69) is 30.9 Å². The zero-order chi connectivity index (χ0) is 16.5. The Balaban J connectivity index is 1.61. The summed E-state index contributed by atoms with van der Waals surface area (Å²) in [5.41, 5.74) is 2.45. The van der Waals surface area contributed by atoms with Crippen molar-refractivity contribution in [3.8, 4) is 11.6 Å². The van der Waals surface area contributed by atoms with Gasteiger partial charge in [-0.3, -0.25) is 0 Å². The quantitative estimate of drug-likeness (QED) is 0.535. The number of halogens is 2. The van der Waals surface area contributed by atoms with Crippen molar-refractivity contribution in [3.05, 3.63) is 52.3 Å². The predicted molar refractivity (Wildman–Crippen MR) is 91.0 cm³/mol. The minimum absolute atomic E-state index is 0.449. The number of hydrogen-bond donors (Lipinski definition) is 2. The predicted octanol–water partition coefficient (Wildman–Crippen LogP) is 3.93. The molecule has 120 valence electrons. The van der Waals surface area contributed by atoms with Crippen molar-refractivity contribution in [1.29, 1.82) is 0 Å². The van der Waals surface area contributed by atoms with Gasteiger partial charge in [0.2, 0.25) is 5.82 Å². The molecule has 2 N–H and O–H groups in total. The molecule has 0 saturated heterocycles. The van der Waals surface area contributed by atoms with Gasteiger partial charge in [0.1, 0.15) is 10.7 Å². The van der Waals surface area contributed by atoms with Crippen LogP contribution in [0.4, 0.5) is 5.69 Å². The number of H-pyrrole nitrogens is 1. The summed E-state index contributed by atoms with van der Waals surface area (Å²) in [6, 6.07) is 9.15. The molecule has 0 aliphatic carbocycles. The number of rotatable bonds is 4. The van der Waals surface area contributed by atoms with Crippen LogP contribution in [0.25, 0.3) is 22.6 Å². The van der Waals surface area contributed by atoms with Crippen LogP contribution in [-0.4, -0.2) is 25.6 Å². The third-order valence-electron chi connectivity index (χ3n) is 3.47. The highest BCUT2D eigenvalue weighted by molar-refractivity contribution is 6.32. The van der Waals surface area contributed by atoms with Gasteiger partial charge in [-0.05, 0) is 46.3 Å². The fourth-order valence-corrected chi connectivity index (χ4v) is 2.65. The number of pyridine rings is 1. The molecular formula is C15H10Cl2N6O. The highest BCUT2D eigenvalue weighted by atomic mass is 35.5. The Hall–Kier alpha value is -2.64. The van der Waals surface area contributed by atoms with Crippen molar-refractivity contribution >= 4 is 39.9 Å². The number of nitrogens with one attached hydrogen (secondary N) is 2. The lowest BCUT2D eigenvalue weighted by Gasteiger charge is -2.08. The molecular weight excluding hydrogens is 351 g/mol. The number of tetrazole rings is 1. The van der Waals surface area contributed by atoms with Crippen molar-refractivity contribution in [2.24, 2.45) is 0 Å². The van der Waals surface area contributed by atoms with Gasteiger partial charge in [-0.2, -0.15) is 0 Å². The minimum atomic E-state index is 0.449. The Labute approximate surface area is 146 Å². The number of aromatic nitrogens is 5. The van der Waals surface area contributed by atoms with Crippen molar-refractivity contribution < 1.29 is 4.42 Å². The first-order valence-corrected chi connectivity index (χ1v) is 7.76. The molecule has 0 amide bonds. The third kappa shape index (κ3) is 2.91. The average Bonchev–Trinajstić information content (AvgIpc) is 3.23. The molecule has 9 heteroatoms. The molecule has 0 bridgehead atoms. The van der Waals surface area contributed by atoms with E-state index in [0.29, 0.717) is 33.9 Å². The van der Waals surface area contributed by atoms with E-state index >= 15 is 0 Å². The maximum absolute atomic E-state index is 6.36. The summed E-state index contributed by atoms with van der Waals surface area (Å²) in [6.45, 7) is 0.526. The molecule has 0 aliphatic heterocycles. The molecule has 4 rings (SSSR count). The normalized spacial score (nSPS) is 11.1. The molecule has 7 nitrogen and oxygen atoms in total.